The van der Waals surface area contributed by atoms with Crippen molar-refractivity contribution >= 4 is 29.0 Å². The third-order valence-corrected chi connectivity index (χ3v) is 4.38. The van der Waals surface area contributed by atoms with E-state index in [0.29, 0.717) is 4.99 Å². The molecule has 0 aromatic carbocycles. The molecule has 0 bridgehead atoms. The Kier molecular flexibility index (Phi) is 2.08. The molecule has 4 atom stereocenters. The van der Waals surface area contributed by atoms with Gasteiger partial charge in [-0.05, 0) is 19.3 Å². The molecule has 0 aromatic heterocycles. The van der Waals surface area contributed by atoms with Crippen molar-refractivity contribution in [2.45, 2.75) is 31.7 Å². The average Bonchev–Trinajstić information content (AvgIpc) is 2.82. The Morgan fingerprint density at radius 2 is 1.88 bits per heavy atom. The van der Waals surface area contributed by atoms with E-state index in [1.807, 2.05) is 0 Å². The minimum Gasteiger partial charge on any atom is -0.393 e. The lowest BCUT2D eigenvalue weighted by atomic mass is 10.0. The highest BCUT2D eigenvalue weighted by Crippen LogP contribution is 2.49. The second-order valence-corrected chi connectivity index (χ2v) is 5.47. The van der Waals surface area contributed by atoms with E-state index in [0.717, 1.165) is 25.7 Å². The van der Waals surface area contributed by atoms with Crippen molar-refractivity contribution in [3.63, 3.8) is 0 Å². The second kappa shape index (κ2) is 3.26. The minimum atomic E-state index is -0.0506. The summed E-state index contributed by atoms with van der Waals surface area (Å²) in [6, 6.07) is -0.0506. The molecule has 3 aliphatic rings. The third-order valence-electron chi connectivity index (χ3n) is 4.08. The highest BCUT2D eigenvalue weighted by Gasteiger charge is 2.61. The fraction of sp³-hybridized carbons (Fsp3) is 0.727. The van der Waals surface area contributed by atoms with E-state index in [4.69, 9.17) is 18.0 Å². The molecule has 2 N–H and O–H groups in total. The van der Waals surface area contributed by atoms with Gasteiger partial charge in [0.15, 0.2) is 0 Å². The van der Waals surface area contributed by atoms with Crippen molar-refractivity contribution in [3.05, 3.63) is 0 Å². The van der Waals surface area contributed by atoms with Gasteiger partial charge in [0.2, 0.25) is 11.8 Å². The van der Waals surface area contributed by atoms with Gasteiger partial charge in [-0.2, -0.15) is 0 Å². The van der Waals surface area contributed by atoms with E-state index in [9.17, 15) is 9.59 Å². The Hall–Kier alpha value is -0.970. The number of hydrogen-bond donors (Lipinski definition) is 1. The monoisotopic (exact) mass is 238 g/mol. The largest absolute Gasteiger partial charge is 0.393 e. The van der Waals surface area contributed by atoms with Crippen molar-refractivity contribution in [1.82, 2.24) is 4.90 Å². The van der Waals surface area contributed by atoms with Crippen LogP contribution in [0, 0.1) is 17.8 Å². The SMILES string of the molecule is NC(=S)C1CCCC1N1C(=O)C2CC2C1=O. The van der Waals surface area contributed by atoms with Crippen molar-refractivity contribution in [2.24, 2.45) is 23.5 Å². The smallest absolute Gasteiger partial charge is 0.233 e. The van der Waals surface area contributed by atoms with Crippen LogP contribution < -0.4 is 5.73 Å². The first-order valence-electron chi connectivity index (χ1n) is 5.77. The van der Waals surface area contributed by atoms with Gasteiger partial charge in [0.1, 0.15) is 0 Å². The third kappa shape index (κ3) is 1.24. The number of carbonyl (C=O) groups is 2. The van der Waals surface area contributed by atoms with Crippen molar-refractivity contribution < 1.29 is 9.59 Å². The van der Waals surface area contributed by atoms with Gasteiger partial charge in [0.05, 0.1) is 16.8 Å². The van der Waals surface area contributed by atoms with E-state index in [1.54, 1.807) is 0 Å². The molecule has 4 nitrogen and oxygen atoms in total. The predicted molar refractivity (Wildman–Crippen MR) is 61.4 cm³/mol. The topological polar surface area (TPSA) is 63.4 Å². The maximum atomic E-state index is 11.9. The van der Waals surface area contributed by atoms with Gasteiger partial charge in [0.25, 0.3) is 0 Å². The summed E-state index contributed by atoms with van der Waals surface area (Å²) in [5, 5.41) is 0. The molecule has 2 amide bonds. The maximum absolute atomic E-state index is 11.9. The molecular formula is C11H14N2O2S. The molecule has 2 aliphatic carbocycles. The van der Waals surface area contributed by atoms with Crippen LogP contribution in [0.25, 0.3) is 0 Å². The average molecular weight is 238 g/mol. The van der Waals surface area contributed by atoms with Crippen LogP contribution in [0.5, 0.6) is 0 Å². The second-order valence-electron chi connectivity index (χ2n) is 5.00. The quantitative estimate of drug-likeness (QED) is 0.560. The van der Waals surface area contributed by atoms with Crippen LogP contribution in [0.2, 0.25) is 0 Å². The van der Waals surface area contributed by atoms with Crippen molar-refractivity contribution in [2.75, 3.05) is 0 Å². The van der Waals surface area contributed by atoms with Crippen LogP contribution in [-0.2, 0) is 9.59 Å². The molecule has 1 saturated heterocycles. The molecule has 3 fully saturated rings. The lowest BCUT2D eigenvalue weighted by molar-refractivity contribution is -0.144. The standard InChI is InChI=1S/C11H14N2O2S/c12-9(16)5-2-1-3-8(5)13-10(14)6-4-7(6)11(13)15/h5-8H,1-4H2,(H2,12,16). The molecule has 1 aliphatic heterocycles. The first kappa shape index (κ1) is 10.2. The van der Waals surface area contributed by atoms with Gasteiger partial charge >= 0.3 is 0 Å². The molecular weight excluding hydrogens is 224 g/mol. The molecule has 2 saturated carbocycles. The fourth-order valence-corrected chi connectivity index (χ4v) is 3.39. The van der Waals surface area contributed by atoms with Gasteiger partial charge < -0.3 is 5.73 Å². The van der Waals surface area contributed by atoms with E-state index < -0.39 is 0 Å². The Morgan fingerprint density at radius 1 is 1.25 bits per heavy atom. The van der Waals surface area contributed by atoms with Crippen LogP contribution in [0.1, 0.15) is 25.7 Å². The molecule has 0 radical (unpaired) electrons. The number of carbonyl (C=O) groups excluding carboxylic acids is 2. The molecule has 0 spiro atoms. The van der Waals surface area contributed by atoms with Gasteiger partial charge in [-0.25, -0.2) is 0 Å². The molecule has 1 heterocycles. The summed E-state index contributed by atoms with van der Waals surface area (Å²) >= 11 is 5.01. The predicted octanol–water partition coefficient (Wildman–Crippen LogP) is 0.446. The number of imide groups is 1. The highest BCUT2D eigenvalue weighted by molar-refractivity contribution is 7.80. The van der Waals surface area contributed by atoms with Crippen molar-refractivity contribution in [3.8, 4) is 0 Å². The molecule has 5 heteroatoms. The number of thiocarbonyl (C=S) groups is 1. The van der Waals surface area contributed by atoms with Gasteiger partial charge in [-0.15, -0.1) is 0 Å². The highest BCUT2D eigenvalue weighted by atomic mass is 32.1. The van der Waals surface area contributed by atoms with Crippen LogP contribution in [-0.4, -0.2) is 27.7 Å². The van der Waals surface area contributed by atoms with Crippen LogP contribution in [0.15, 0.2) is 0 Å². The Bertz CT molecular complexity index is 375. The van der Waals surface area contributed by atoms with Gasteiger partial charge in [0, 0.05) is 12.0 Å². The van der Waals surface area contributed by atoms with Crippen LogP contribution in [0.4, 0.5) is 0 Å². The summed E-state index contributed by atoms with van der Waals surface area (Å²) in [6.45, 7) is 0. The molecule has 0 aromatic rings. The Labute approximate surface area is 99.2 Å². The van der Waals surface area contributed by atoms with E-state index in [-0.39, 0.29) is 35.6 Å². The number of likely N-dealkylation sites (tertiary alicyclic amines) is 1. The van der Waals surface area contributed by atoms with Crippen molar-refractivity contribution in [1.29, 1.82) is 0 Å². The molecule has 16 heavy (non-hydrogen) atoms. The molecule has 3 rings (SSSR count). The summed E-state index contributed by atoms with van der Waals surface area (Å²) < 4.78 is 0. The summed E-state index contributed by atoms with van der Waals surface area (Å²) in [5.41, 5.74) is 5.67. The maximum Gasteiger partial charge on any atom is 0.233 e. The minimum absolute atomic E-state index is 0.0138. The number of hydrogen-bond acceptors (Lipinski definition) is 3. The summed E-state index contributed by atoms with van der Waals surface area (Å²) in [7, 11) is 0. The lowest BCUT2D eigenvalue weighted by Gasteiger charge is -2.28. The Morgan fingerprint density at radius 3 is 2.44 bits per heavy atom. The zero-order chi connectivity index (χ0) is 11.4. The van der Waals surface area contributed by atoms with Gasteiger partial charge in [-0.3, -0.25) is 14.5 Å². The van der Waals surface area contributed by atoms with Crippen LogP contribution >= 0.6 is 12.2 Å². The summed E-state index contributed by atoms with van der Waals surface area (Å²) in [5.74, 6) is 0.0480. The number of nitrogens with two attached hydrogens (primary N) is 1. The normalized spacial score (nSPS) is 41.4. The zero-order valence-electron chi connectivity index (χ0n) is 8.89. The van der Waals surface area contributed by atoms with Crippen LogP contribution in [0.3, 0.4) is 0 Å². The zero-order valence-corrected chi connectivity index (χ0v) is 9.70. The first-order valence-corrected chi connectivity index (χ1v) is 6.18. The number of rotatable bonds is 2. The van der Waals surface area contributed by atoms with Gasteiger partial charge in [-0.1, -0.05) is 18.6 Å². The first-order chi connectivity index (χ1) is 7.61. The molecule has 4 unspecified atom stereocenters. The fourth-order valence-electron chi connectivity index (χ4n) is 3.12. The summed E-state index contributed by atoms with van der Waals surface area (Å²) in [6.07, 6.45) is 3.53. The number of amides is 2. The van der Waals surface area contributed by atoms with E-state index in [1.165, 1.54) is 4.90 Å². The number of nitrogens with zero attached hydrogens (tertiary/aromatic N) is 1. The lowest BCUT2D eigenvalue weighted by Crippen LogP contribution is -2.46. The number of piperidine rings is 1. The Balaban J connectivity index is 1.85. The summed E-state index contributed by atoms with van der Waals surface area (Å²) in [4.78, 5) is 25.8. The molecule has 86 valence electrons. The van der Waals surface area contributed by atoms with E-state index >= 15 is 0 Å². The number of fused-ring (bicyclic) bond motifs is 1. The van der Waals surface area contributed by atoms with E-state index in [2.05, 4.69) is 0 Å².